The molecule has 2 saturated carbocycles. The van der Waals surface area contributed by atoms with Gasteiger partial charge in [0.15, 0.2) is 0 Å². The number of fused-ring (bicyclic) bond motifs is 19. The predicted octanol–water partition coefficient (Wildman–Crippen LogP) is 21.7. The molecule has 9 aromatic carbocycles. The molecule has 3 unspecified atom stereocenters. The van der Waals surface area contributed by atoms with Gasteiger partial charge in [-0.05, 0) is 176 Å². The molecule has 2 heterocycles. The number of anilines is 3. The normalized spacial score (nSPS) is 20.9. The van der Waals surface area contributed by atoms with E-state index >= 15 is 0 Å². The predicted molar refractivity (Wildman–Crippen MR) is 342 cm³/mol. The minimum absolute atomic E-state index is 0.0931. The Bertz CT molecular complexity index is 4110. The highest BCUT2D eigenvalue weighted by Gasteiger charge is 2.58. The summed E-state index contributed by atoms with van der Waals surface area (Å²) in [4.78, 5) is 2.59. The van der Waals surface area contributed by atoms with Crippen molar-refractivity contribution in [2.24, 2.45) is 11.8 Å². The zero-order valence-corrected chi connectivity index (χ0v) is 49.2. The van der Waals surface area contributed by atoms with Gasteiger partial charge in [-0.1, -0.05) is 214 Å². The molecule has 9 aromatic rings. The summed E-state index contributed by atoms with van der Waals surface area (Å²) in [6.07, 6.45) is 20.9. The lowest BCUT2D eigenvalue weighted by molar-refractivity contribution is 0.364. The maximum Gasteiger partial charge on any atom is 0.132 e. The van der Waals surface area contributed by atoms with E-state index in [-0.39, 0.29) is 22.7 Å². The number of nitrogens with zero attached hydrogens (tertiary/aromatic N) is 1. The van der Waals surface area contributed by atoms with Crippen molar-refractivity contribution in [2.45, 2.75) is 139 Å². The highest BCUT2D eigenvalue weighted by atomic mass is 16.5. The van der Waals surface area contributed by atoms with Crippen LogP contribution in [-0.4, -0.2) is 0 Å². The van der Waals surface area contributed by atoms with Crippen LogP contribution in [0.4, 0.5) is 17.1 Å². The van der Waals surface area contributed by atoms with Crippen LogP contribution in [0.25, 0.3) is 21.9 Å². The van der Waals surface area contributed by atoms with E-state index < -0.39 is 10.8 Å². The highest BCUT2D eigenvalue weighted by molar-refractivity contribution is 6.00. The molecule has 2 aliphatic heterocycles. The molecular weight excluding hydrogens is 1010 g/mol. The van der Waals surface area contributed by atoms with Crippen LogP contribution < -0.4 is 14.4 Å². The average Bonchev–Trinajstić information content (AvgIpc) is 2.28. The second kappa shape index (κ2) is 18.8. The Balaban J connectivity index is 0.972. The number of ether oxygens (including phenoxy) is 2. The summed E-state index contributed by atoms with van der Waals surface area (Å²) < 4.78 is 14.4. The van der Waals surface area contributed by atoms with Crippen molar-refractivity contribution in [1.29, 1.82) is 0 Å². The van der Waals surface area contributed by atoms with Crippen molar-refractivity contribution in [3.8, 4) is 34.1 Å². The Morgan fingerprint density at radius 2 is 1.02 bits per heavy atom. The van der Waals surface area contributed by atoms with E-state index in [4.69, 9.17) is 9.47 Å². The van der Waals surface area contributed by atoms with Gasteiger partial charge in [0, 0.05) is 50.9 Å². The number of hydrogen-bond acceptors (Lipinski definition) is 3. The number of para-hydroxylation sites is 1. The van der Waals surface area contributed by atoms with E-state index in [9.17, 15) is 0 Å². The molecule has 0 amide bonds. The van der Waals surface area contributed by atoms with Crippen LogP contribution in [0.2, 0.25) is 0 Å². The van der Waals surface area contributed by atoms with E-state index in [1.165, 1.54) is 147 Å². The van der Waals surface area contributed by atoms with E-state index in [0.717, 1.165) is 40.1 Å². The summed E-state index contributed by atoms with van der Waals surface area (Å²) in [5.74, 6) is 5.30. The molecular formula is C80H75NO2. The molecule has 412 valence electrons. The molecule has 3 atom stereocenters. The fourth-order valence-corrected chi connectivity index (χ4v) is 16.9. The zero-order valence-electron chi connectivity index (χ0n) is 49.2. The Labute approximate surface area is 491 Å². The number of benzene rings is 9. The van der Waals surface area contributed by atoms with Gasteiger partial charge in [0.2, 0.25) is 0 Å². The van der Waals surface area contributed by atoms with Crippen molar-refractivity contribution < 1.29 is 9.47 Å². The molecule has 3 nitrogen and oxygen atoms in total. The van der Waals surface area contributed by atoms with E-state index in [2.05, 4.69) is 247 Å². The highest BCUT2D eigenvalue weighted by Crippen LogP contribution is 2.68. The summed E-state index contributed by atoms with van der Waals surface area (Å²) in [6.45, 7) is 14.0. The van der Waals surface area contributed by atoms with Crippen LogP contribution in [-0.2, 0) is 21.7 Å². The lowest BCUT2D eigenvalue weighted by Crippen LogP contribution is -2.38. The molecule has 0 aromatic heterocycles. The van der Waals surface area contributed by atoms with Crippen molar-refractivity contribution in [3.05, 3.63) is 267 Å². The van der Waals surface area contributed by atoms with Crippen LogP contribution in [0.1, 0.15) is 179 Å². The SMILES string of the molecule is CC(C)(C)c1ccc2c(c1)C1(c3cc(C(C)(C)C)ccc3O2)c2ccccc2-c2ccc(N(c3ccc4c(c3)C3(c5ccccc5O4)c4cc(C5CCCCC5)ccc4C4C=CC(C5CCCCC5)=CC43)c3cccc4ccccc34)cc21. The molecule has 0 bridgehead atoms. The maximum atomic E-state index is 7.30. The number of hydrogen-bond donors (Lipinski definition) is 0. The van der Waals surface area contributed by atoms with Gasteiger partial charge in [-0.15, -0.1) is 0 Å². The molecule has 3 heteroatoms. The van der Waals surface area contributed by atoms with E-state index in [0.29, 0.717) is 11.8 Å². The fourth-order valence-electron chi connectivity index (χ4n) is 16.9. The van der Waals surface area contributed by atoms with Gasteiger partial charge in [-0.3, -0.25) is 0 Å². The fraction of sp³-hybridized carbons (Fsp3) is 0.300. The number of allylic oxidation sites excluding steroid dienone is 4. The monoisotopic (exact) mass is 1080 g/mol. The third-order valence-corrected chi connectivity index (χ3v) is 21.0. The second-order valence-electron chi connectivity index (χ2n) is 27.6. The molecule has 7 aliphatic rings. The molecule has 0 radical (unpaired) electrons. The van der Waals surface area contributed by atoms with E-state index in [1.807, 2.05) is 0 Å². The first-order chi connectivity index (χ1) is 40.4. The maximum absolute atomic E-state index is 7.30. The van der Waals surface area contributed by atoms with Crippen molar-refractivity contribution in [1.82, 2.24) is 0 Å². The van der Waals surface area contributed by atoms with Crippen LogP contribution in [0.3, 0.4) is 0 Å². The molecule has 0 N–H and O–H groups in total. The van der Waals surface area contributed by atoms with Gasteiger partial charge < -0.3 is 14.4 Å². The summed E-state index contributed by atoms with van der Waals surface area (Å²) in [6, 6.07) is 70.5. The summed E-state index contributed by atoms with van der Waals surface area (Å²) in [5.41, 5.74) is 20.5. The Morgan fingerprint density at radius 1 is 0.446 bits per heavy atom. The van der Waals surface area contributed by atoms with Crippen LogP contribution in [0.15, 0.2) is 206 Å². The zero-order chi connectivity index (χ0) is 56.0. The topological polar surface area (TPSA) is 21.7 Å². The van der Waals surface area contributed by atoms with Crippen molar-refractivity contribution in [3.63, 3.8) is 0 Å². The summed E-state index contributed by atoms with van der Waals surface area (Å²) in [7, 11) is 0. The van der Waals surface area contributed by atoms with Crippen molar-refractivity contribution in [2.75, 3.05) is 4.90 Å². The number of rotatable bonds is 5. The largest absolute Gasteiger partial charge is 0.457 e. The lowest BCUT2D eigenvalue weighted by atomic mass is 9.60. The minimum atomic E-state index is -0.690. The van der Waals surface area contributed by atoms with Gasteiger partial charge in [0.25, 0.3) is 0 Å². The Kier molecular flexibility index (Phi) is 11.5. The molecule has 0 saturated heterocycles. The first-order valence-electron chi connectivity index (χ1n) is 31.4. The smallest absolute Gasteiger partial charge is 0.132 e. The van der Waals surface area contributed by atoms with Crippen LogP contribution in [0.5, 0.6) is 23.0 Å². The molecule has 83 heavy (non-hydrogen) atoms. The van der Waals surface area contributed by atoms with Crippen molar-refractivity contribution >= 4 is 27.8 Å². The first kappa shape index (κ1) is 50.8. The minimum Gasteiger partial charge on any atom is -0.457 e. The third-order valence-electron chi connectivity index (χ3n) is 21.0. The average molecular weight is 1080 g/mol. The van der Waals surface area contributed by atoms with Gasteiger partial charge in [0.1, 0.15) is 23.0 Å². The molecule has 5 aliphatic carbocycles. The molecule has 16 rings (SSSR count). The third kappa shape index (κ3) is 7.61. The molecule has 2 spiro atoms. The first-order valence-corrected chi connectivity index (χ1v) is 31.4. The van der Waals surface area contributed by atoms with Crippen LogP contribution >= 0.6 is 0 Å². The van der Waals surface area contributed by atoms with Gasteiger partial charge >= 0.3 is 0 Å². The second-order valence-corrected chi connectivity index (χ2v) is 27.6. The Morgan fingerprint density at radius 3 is 1.75 bits per heavy atom. The lowest BCUT2D eigenvalue weighted by Gasteiger charge is -2.44. The summed E-state index contributed by atoms with van der Waals surface area (Å²) in [5, 5.41) is 2.41. The summed E-state index contributed by atoms with van der Waals surface area (Å²) >= 11 is 0. The van der Waals surface area contributed by atoms with E-state index in [1.54, 1.807) is 5.57 Å². The molecule has 2 fully saturated rings. The quantitative estimate of drug-likeness (QED) is 0.171. The standard InChI is InChI=1S/C80H75NO2/c1-77(2,3)55-34-41-74-69(46-55)79(70-47-56(78(4,5)6)35-42-75(70)83-74)64-28-16-15-27-60(64)63-40-36-57(48-68(63)79)81(72-30-19-25-52-24-13-14-26-59(52)72)58-37-43-76-71(49-58)80(65-29-17-18-31-73(65)82-76)66-44-53(50-20-9-7-10-21-50)32-38-61(66)62-39-33-54(45-67(62)80)51-22-11-8-12-23-51/h13-19,24-51,61,66H,7-12,20-23H2,1-6H3. The van der Waals surface area contributed by atoms with Crippen LogP contribution in [0, 0.1) is 11.8 Å². The van der Waals surface area contributed by atoms with Gasteiger partial charge in [-0.2, -0.15) is 0 Å². The van der Waals surface area contributed by atoms with Gasteiger partial charge in [-0.25, -0.2) is 0 Å². The van der Waals surface area contributed by atoms with Gasteiger partial charge in [0.05, 0.1) is 16.5 Å². The Hall–Kier alpha value is -7.88.